The highest BCUT2D eigenvalue weighted by Gasteiger charge is 2.26. The van der Waals surface area contributed by atoms with Crippen molar-refractivity contribution in [2.24, 2.45) is 0 Å². The molecule has 0 aromatic heterocycles. The first-order valence-corrected chi connectivity index (χ1v) is 8.13. The Kier molecular flexibility index (Phi) is 5.10. The van der Waals surface area contributed by atoms with Crippen molar-refractivity contribution in [3.05, 3.63) is 22.7 Å². The molecule has 1 heterocycles. The molecular weight excluding hydrogens is 342 g/mol. The molecule has 0 fully saturated rings. The van der Waals surface area contributed by atoms with Gasteiger partial charge in [-0.05, 0) is 24.6 Å². The average molecular weight is 358 g/mol. The van der Waals surface area contributed by atoms with E-state index < -0.39 is 5.97 Å². The van der Waals surface area contributed by atoms with E-state index in [9.17, 15) is 9.59 Å². The minimum Gasteiger partial charge on any atom is -0.481 e. The fourth-order valence-corrected chi connectivity index (χ4v) is 3.62. The van der Waals surface area contributed by atoms with E-state index in [1.54, 1.807) is 16.7 Å². The lowest BCUT2D eigenvalue weighted by Crippen LogP contribution is -2.38. The van der Waals surface area contributed by atoms with Crippen LogP contribution in [0.3, 0.4) is 0 Å². The van der Waals surface area contributed by atoms with Gasteiger partial charge in [-0.2, -0.15) is 0 Å². The van der Waals surface area contributed by atoms with Gasteiger partial charge in [0.1, 0.15) is 0 Å². The van der Waals surface area contributed by atoms with Gasteiger partial charge in [0.2, 0.25) is 5.91 Å². The van der Waals surface area contributed by atoms with Crippen LogP contribution in [0.2, 0.25) is 0 Å². The average Bonchev–Trinajstić information content (AvgIpc) is 2.37. The van der Waals surface area contributed by atoms with Crippen LogP contribution in [0.25, 0.3) is 0 Å². The predicted molar refractivity (Wildman–Crippen MR) is 83.3 cm³/mol. The third-order valence-electron chi connectivity index (χ3n) is 3.06. The Balaban J connectivity index is 2.13. The number of carbonyl (C=O) groups excluding carboxylic acids is 1. The predicted octanol–water partition coefficient (Wildman–Crippen LogP) is 3.53. The van der Waals surface area contributed by atoms with Crippen molar-refractivity contribution >= 4 is 45.3 Å². The van der Waals surface area contributed by atoms with Crippen LogP contribution in [-0.4, -0.2) is 28.8 Å². The molecule has 4 nitrogen and oxygen atoms in total. The highest BCUT2D eigenvalue weighted by molar-refractivity contribution is 9.10. The Morgan fingerprint density at radius 3 is 2.90 bits per heavy atom. The summed E-state index contributed by atoms with van der Waals surface area (Å²) in [7, 11) is 0. The van der Waals surface area contributed by atoms with Gasteiger partial charge in [-0.15, -0.1) is 11.8 Å². The molecule has 0 aliphatic carbocycles. The van der Waals surface area contributed by atoms with E-state index >= 15 is 0 Å². The fourth-order valence-electron chi connectivity index (χ4n) is 2.17. The van der Waals surface area contributed by atoms with Crippen molar-refractivity contribution in [1.82, 2.24) is 0 Å². The summed E-state index contributed by atoms with van der Waals surface area (Å²) < 4.78 is 0.940. The first-order valence-electron chi connectivity index (χ1n) is 6.45. The van der Waals surface area contributed by atoms with E-state index in [2.05, 4.69) is 22.9 Å². The number of carboxylic acid groups (broad SMARTS) is 1. The van der Waals surface area contributed by atoms with Gasteiger partial charge in [0.25, 0.3) is 0 Å². The second-order valence-corrected chi connectivity index (χ2v) is 7.19. The zero-order valence-electron chi connectivity index (χ0n) is 11.1. The fraction of sp³-hybridized carbons (Fsp3) is 0.429. The van der Waals surface area contributed by atoms with E-state index in [0.717, 1.165) is 15.1 Å². The number of anilines is 1. The molecule has 0 bridgehead atoms. The third-order valence-corrected chi connectivity index (χ3v) is 4.71. The van der Waals surface area contributed by atoms with Crippen molar-refractivity contribution in [1.29, 1.82) is 0 Å². The number of benzene rings is 1. The molecule has 1 N–H and O–H groups in total. The Labute approximate surface area is 130 Å². The van der Waals surface area contributed by atoms with Gasteiger partial charge < -0.3 is 10.0 Å². The lowest BCUT2D eigenvalue weighted by atomic mass is 10.2. The molecule has 2 rings (SSSR count). The summed E-state index contributed by atoms with van der Waals surface area (Å²) in [5.74, 6) is -0.860. The Hall–Kier alpha value is -1.01. The summed E-state index contributed by atoms with van der Waals surface area (Å²) in [6, 6.07) is 5.93. The van der Waals surface area contributed by atoms with Crippen molar-refractivity contribution in [2.45, 2.75) is 36.3 Å². The van der Waals surface area contributed by atoms with Crippen LogP contribution in [0.15, 0.2) is 27.6 Å². The maximum atomic E-state index is 12.3. The summed E-state index contributed by atoms with van der Waals surface area (Å²) in [6.45, 7) is 2.76. The summed E-state index contributed by atoms with van der Waals surface area (Å²) in [6.07, 6.45) is 0.695. The largest absolute Gasteiger partial charge is 0.481 e. The van der Waals surface area contributed by atoms with E-state index in [1.165, 1.54) is 0 Å². The van der Waals surface area contributed by atoms with Gasteiger partial charge in [-0.3, -0.25) is 9.59 Å². The van der Waals surface area contributed by atoms with Crippen LogP contribution < -0.4 is 4.90 Å². The molecule has 1 amide bonds. The standard InChI is InChI=1S/C14H16BrNO3S/c1-9-8-16(13(17)3-2-4-14(18)19)11-7-10(15)5-6-12(11)20-9/h5-7,9H,2-4,8H2,1H3,(H,18,19). The van der Waals surface area contributed by atoms with Gasteiger partial charge in [0, 0.05) is 34.0 Å². The summed E-state index contributed by atoms with van der Waals surface area (Å²) in [5, 5.41) is 8.98. The summed E-state index contributed by atoms with van der Waals surface area (Å²) >= 11 is 5.19. The molecule has 1 unspecified atom stereocenters. The SMILES string of the molecule is CC1CN(C(=O)CCCC(=O)O)c2cc(Br)ccc2S1. The first-order chi connectivity index (χ1) is 9.47. The number of rotatable bonds is 4. The molecule has 1 atom stereocenters. The van der Waals surface area contributed by atoms with E-state index in [4.69, 9.17) is 5.11 Å². The number of thioether (sulfide) groups is 1. The number of amides is 1. The lowest BCUT2D eigenvalue weighted by Gasteiger charge is -2.33. The quantitative estimate of drug-likeness (QED) is 0.895. The molecule has 0 saturated heterocycles. The minimum atomic E-state index is -0.858. The van der Waals surface area contributed by atoms with Gasteiger partial charge in [-0.25, -0.2) is 0 Å². The highest BCUT2D eigenvalue weighted by atomic mass is 79.9. The topological polar surface area (TPSA) is 57.6 Å². The zero-order valence-corrected chi connectivity index (χ0v) is 13.5. The van der Waals surface area contributed by atoms with Crippen LogP contribution in [0.5, 0.6) is 0 Å². The Morgan fingerprint density at radius 1 is 1.45 bits per heavy atom. The Morgan fingerprint density at radius 2 is 2.20 bits per heavy atom. The molecule has 1 aliphatic heterocycles. The van der Waals surface area contributed by atoms with Crippen LogP contribution >= 0.6 is 27.7 Å². The van der Waals surface area contributed by atoms with Crippen LogP contribution in [0.1, 0.15) is 26.2 Å². The second kappa shape index (κ2) is 6.63. The number of carboxylic acids is 1. The molecule has 20 heavy (non-hydrogen) atoms. The van der Waals surface area contributed by atoms with Crippen molar-refractivity contribution in [2.75, 3.05) is 11.4 Å². The van der Waals surface area contributed by atoms with Crippen molar-refractivity contribution < 1.29 is 14.7 Å². The van der Waals surface area contributed by atoms with Crippen LogP contribution in [0, 0.1) is 0 Å². The molecule has 1 aromatic rings. The maximum Gasteiger partial charge on any atom is 0.303 e. The number of fused-ring (bicyclic) bond motifs is 1. The van der Waals surface area contributed by atoms with Crippen LogP contribution in [0.4, 0.5) is 5.69 Å². The molecule has 1 aliphatic rings. The van der Waals surface area contributed by atoms with Gasteiger partial charge in [0.05, 0.1) is 5.69 Å². The number of hydrogen-bond donors (Lipinski definition) is 1. The van der Waals surface area contributed by atoms with Gasteiger partial charge in [0.15, 0.2) is 0 Å². The zero-order chi connectivity index (χ0) is 14.7. The molecule has 0 radical (unpaired) electrons. The number of halogens is 1. The normalized spacial score (nSPS) is 17.7. The molecule has 0 spiro atoms. The molecule has 6 heteroatoms. The lowest BCUT2D eigenvalue weighted by molar-refractivity contribution is -0.137. The van der Waals surface area contributed by atoms with E-state index in [-0.39, 0.29) is 18.7 Å². The second-order valence-electron chi connectivity index (χ2n) is 4.79. The summed E-state index contributed by atoms with van der Waals surface area (Å²) in [4.78, 5) is 25.7. The van der Waals surface area contributed by atoms with E-state index in [1.807, 2.05) is 18.2 Å². The van der Waals surface area contributed by atoms with Crippen molar-refractivity contribution in [3.63, 3.8) is 0 Å². The summed E-state index contributed by atoms with van der Waals surface area (Å²) in [5.41, 5.74) is 0.919. The van der Waals surface area contributed by atoms with Gasteiger partial charge >= 0.3 is 5.97 Å². The van der Waals surface area contributed by atoms with Crippen molar-refractivity contribution in [3.8, 4) is 0 Å². The first kappa shape index (κ1) is 15.4. The monoisotopic (exact) mass is 357 g/mol. The van der Waals surface area contributed by atoms with Gasteiger partial charge in [-0.1, -0.05) is 22.9 Å². The molecule has 0 saturated carbocycles. The Bertz CT molecular complexity index is 535. The minimum absolute atomic E-state index is 0.00208. The molecule has 1 aromatic carbocycles. The molecular formula is C14H16BrNO3S. The smallest absolute Gasteiger partial charge is 0.303 e. The van der Waals surface area contributed by atoms with E-state index in [0.29, 0.717) is 18.2 Å². The maximum absolute atomic E-state index is 12.3. The number of aliphatic carboxylic acids is 1. The molecule has 108 valence electrons. The number of hydrogen-bond acceptors (Lipinski definition) is 3. The highest BCUT2D eigenvalue weighted by Crippen LogP contribution is 2.40. The number of carbonyl (C=O) groups is 2. The third kappa shape index (κ3) is 3.76. The van der Waals surface area contributed by atoms with Crippen LogP contribution in [-0.2, 0) is 9.59 Å². The number of nitrogens with zero attached hydrogens (tertiary/aromatic N) is 1.